The Labute approximate surface area is 171 Å². The Bertz CT molecular complexity index is 1020. The summed E-state index contributed by atoms with van der Waals surface area (Å²) in [7, 11) is 1.58. The molecule has 0 spiro atoms. The second kappa shape index (κ2) is 7.88. The van der Waals surface area contributed by atoms with Crippen molar-refractivity contribution in [3.8, 4) is 22.6 Å². The van der Waals surface area contributed by atoms with Crippen LogP contribution in [-0.4, -0.2) is 74.6 Å². The maximum absolute atomic E-state index is 10.9. The van der Waals surface area contributed by atoms with Gasteiger partial charge in [0.1, 0.15) is 23.7 Å². The molecule has 0 radical (unpaired) electrons. The van der Waals surface area contributed by atoms with E-state index in [0.717, 1.165) is 11.1 Å². The van der Waals surface area contributed by atoms with E-state index in [1.807, 2.05) is 12.1 Å². The van der Waals surface area contributed by atoms with Gasteiger partial charge in [0.25, 0.3) is 5.79 Å². The van der Waals surface area contributed by atoms with Crippen LogP contribution in [0.15, 0.2) is 48.7 Å². The summed E-state index contributed by atoms with van der Waals surface area (Å²) in [5.74, 6) is -1.81. The lowest BCUT2D eigenvalue weighted by Gasteiger charge is -2.45. The molecule has 0 aliphatic carbocycles. The maximum Gasteiger partial charge on any atom is 0.288 e. The lowest BCUT2D eigenvalue weighted by molar-refractivity contribution is -0.385. The molecule has 160 valence electrons. The van der Waals surface area contributed by atoms with E-state index >= 15 is 0 Å². The molecule has 4 rings (SSSR count). The minimum Gasteiger partial charge on any atom is -0.497 e. The van der Waals surface area contributed by atoms with Crippen molar-refractivity contribution in [2.45, 2.75) is 30.4 Å². The first-order valence-electron chi connectivity index (χ1n) is 9.35. The van der Waals surface area contributed by atoms with Crippen LogP contribution in [0.4, 0.5) is 0 Å². The summed E-state index contributed by atoms with van der Waals surface area (Å²) < 4.78 is 15.9. The Hall–Kier alpha value is -2.66. The quantitative estimate of drug-likeness (QED) is 0.326. The van der Waals surface area contributed by atoms with Crippen LogP contribution < -0.4 is 9.47 Å². The number of ether oxygens (including phenoxy) is 3. The summed E-state index contributed by atoms with van der Waals surface area (Å²) in [6.45, 7) is -0.652. The number of aliphatic hydroxyl groups is 5. The van der Waals surface area contributed by atoms with Crippen molar-refractivity contribution in [2.24, 2.45) is 0 Å². The fourth-order valence-corrected chi connectivity index (χ4v) is 3.61. The Morgan fingerprint density at radius 2 is 1.83 bits per heavy atom. The molecular weight excluding hydrogens is 394 g/mol. The van der Waals surface area contributed by atoms with Crippen molar-refractivity contribution >= 4 is 10.9 Å². The number of fused-ring (bicyclic) bond motifs is 1. The van der Waals surface area contributed by atoms with E-state index in [1.165, 1.54) is 0 Å². The fraction of sp³-hybridized carbons (Fsp3) is 0.333. The van der Waals surface area contributed by atoms with E-state index in [-0.39, 0.29) is 5.75 Å². The molecule has 1 aliphatic heterocycles. The molecule has 0 bridgehead atoms. The Morgan fingerprint density at radius 1 is 1.10 bits per heavy atom. The highest BCUT2D eigenvalue weighted by molar-refractivity contribution is 6.00. The molecule has 9 heteroatoms. The highest BCUT2D eigenvalue weighted by atomic mass is 16.7. The van der Waals surface area contributed by atoms with E-state index < -0.39 is 37.0 Å². The largest absolute Gasteiger partial charge is 0.497 e. The van der Waals surface area contributed by atoms with Crippen LogP contribution in [0.1, 0.15) is 0 Å². The zero-order valence-electron chi connectivity index (χ0n) is 16.1. The normalized spacial score (nSPS) is 29.1. The van der Waals surface area contributed by atoms with Gasteiger partial charge in [-0.1, -0.05) is 18.2 Å². The second-order valence-electron chi connectivity index (χ2n) is 7.11. The third-order valence-corrected chi connectivity index (χ3v) is 5.31. The maximum atomic E-state index is 10.9. The van der Waals surface area contributed by atoms with Gasteiger partial charge in [0.05, 0.1) is 13.7 Å². The summed E-state index contributed by atoms with van der Waals surface area (Å²) >= 11 is 0. The summed E-state index contributed by atoms with van der Waals surface area (Å²) in [6, 6.07) is 12.4. The van der Waals surface area contributed by atoms with Crippen LogP contribution in [0.2, 0.25) is 0 Å². The average molecular weight is 417 g/mol. The number of hydrogen-bond donors (Lipinski definition) is 6. The molecule has 0 saturated carbocycles. The highest BCUT2D eigenvalue weighted by Crippen LogP contribution is 2.39. The summed E-state index contributed by atoms with van der Waals surface area (Å²) in [4.78, 5) is 3.12. The van der Waals surface area contributed by atoms with Gasteiger partial charge < -0.3 is 44.7 Å². The minimum atomic E-state index is -2.66. The van der Waals surface area contributed by atoms with Gasteiger partial charge in [0.15, 0.2) is 6.10 Å². The number of aromatic nitrogens is 1. The van der Waals surface area contributed by atoms with Gasteiger partial charge in [0, 0.05) is 22.7 Å². The van der Waals surface area contributed by atoms with Crippen LogP contribution in [0, 0.1) is 0 Å². The Morgan fingerprint density at radius 3 is 2.50 bits per heavy atom. The number of methoxy groups -OCH3 is 1. The smallest absolute Gasteiger partial charge is 0.288 e. The number of benzene rings is 2. The lowest BCUT2D eigenvalue weighted by Crippen LogP contribution is -2.69. The van der Waals surface area contributed by atoms with Crippen molar-refractivity contribution in [2.75, 3.05) is 13.7 Å². The summed E-state index contributed by atoms with van der Waals surface area (Å²) in [5, 5.41) is 51.4. The number of aromatic amines is 1. The van der Waals surface area contributed by atoms with Gasteiger partial charge in [-0.15, -0.1) is 0 Å². The highest BCUT2D eigenvalue weighted by Gasteiger charge is 2.57. The zero-order chi connectivity index (χ0) is 21.5. The predicted octanol–water partition coefficient (Wildman–Crippen LogP) is 0.342. The number of H-pyrrole nitrogens is 1. The predicted molar refractivity (Wildman–Crippen MR) is 106 cm³/mol. The zero-order valence-corrected chi connectivity index (χ0v) is 16.1. The first kappa shape index (κ1) is 20.6. The molecule has 3 aromatic rings. The van der Waals surface area contributed by atoms with Crippen LogP contribution >= 0.6 is 0 Å². The van der Waals surface area contributed by atoms with Gasteiger partial charge in [-0.05, 0) is 29.8 Å². The molecule has 9 nitrogen and oxygen atoms in total. The van der Waals surface area contributed by atoms with Crippen LogP contribution in [-0.2, 0) is 4.74 Å². The first-order valence-corrected chi connectivity index (χ1v) is 9.35. The molecule has 1 fully saturated rings. The Balaban J connectivity index is 1.75. The first-order chi connectivity index (χ1) is 14.4. The number of hydrogen-bond acceptors (Lipinski definition) is 8. The van der Waals surface area contributed by atoms with E-state index in [1.54, 1.807) is 43.6 Å². The van der Waals surface area contributed by atoms with Crippen molar-refractivity contribution < 1.29 is 39.7 Å². The molecule has 1 saturated heterocycles. The molecule has 2 aromatic carbocycles. The van der Waals surface area contributed by atoms with Crippen molar-refractivity contribution in [1.82, 2.24) is 4.98 Å². The van der Waals surface area contributed by atoms with Gasteiger partial charge in [-0.3, -0.25) is 0 Å². The minimum absolute atomic E-state index is 0.151. The van der Waals surface area contributed by atoms with E-state index in [4.69, 9.17) is 14.2 Å². The number of rotatable bonds is 5. The van der Waals surface area contributed by atoms with Crippen LogP contribution in [0.3, 0.4) is 0 Å². The second-order valence-corrected chi connectivity index (χ2v) is 7.11. The molecule has 30 heavy (non-hydrogen) atoms. The van der Waals surface area contributed by atoms with Gasteiger partial charge in [-0.2, -0.15) is 0 Å². The average Bonchev–Trinajstić information content (AvgIpc) is 3.20. The summed E-state index contributed by atoms with van der Waals surface area (Å²) in [5.41, 5.74) is 2.28. The monoisotopic (exact) mass is 417 g/mol. The lowest BCUT2D eigenvalue weighted by atomic mass is 9.95. The molecule has 0 unspecified atom stereocenters. The third-order valence-electron chi connectivity index (χ3n) is 5.31. The van der Waals surface area contributed by atoms with Gasteiger partial charge in [-0.25, -0.2) is 0 Å². The van der Waals surface area contributed by atoms with E-state index in [9.17, 15) is 25.5 Å². The van der Waals surface area contributed by atoms with Crippen molar-refractivity contribution in [3.05, 3.63) is 48.7 Å². The standard InChI is InChI=1S/C21H23NO8/c1-28-12-7-5-11(6-8-12)13-9-22-14-3-2-4-15(17(13)14)30-21(27)19(25)18(24)16(10-23)29-20(21)26/h2-9,16,18-20,22-27H,10H2,1H3/t16-,18-,19+,20+,21+/m1/s1. The molecule has 5 atom stereocenters. The molecule has 1 aromatic heterocycles. The topological polar surface area (TPSA) is 145 Å². The van der Waals surface area contributed by atoms with Gasteiger partial charge >= 0.3 is 0 Å². The van der Waals surface area contributed by atoms with Crippen LogP contribution in [0.25, 0.3) is 22.0 Å². The molecule has 1 aliphatic rings. The molecular formula is C21H23NO8. The van der Waals surface area contributed by atoms with Crippen molar-refractivity contribution in [3.63, 3.8) is 0 Å². The van der Waals surface area contributed by atoms with Crippen molar-refractivity contribution in [1.29, 1.82) is 0 Å². The molecule has 6 N–H and O–H groups in total. The van der Waals surface area contributed by atoms with E-state index in [2.05, 4.69) is 4.98 Å². The van der Waals surface area contributed by atoms with E-state index in [0.29, 0.717) is 16.7 Å². The number of aliphatic hydroxyl groups excluding tert-OH is 4. The Kier molecular flexibility index (Phi) is 5.41. The molecule has 0 amide bonds. The molecule has 2 heterocycles. The third kappa shape index (κ3) is 3.31. The summed E-state index contributed by atoms with van der Waals surface area (Å²) in [6.07, 6.45) is -5.11. The van der Waals surface area contributed by atoms with Crippen LogP contribution in [0.5, 0.6) is 11.5 Å². The van der Waals surface area contributed by atoms with Gasteiger partial charge in [0.2, 0.25) is 6.29 Å². The fourth-order valence-electron chi connectivity index (χ4n) is 3.61. The number of nitrogens with one attached hydrogen (secondary N) is 1. The SMILES string of the molecule is COc1ccc(-c2c[nH]c3cccc(O[C@]4(O)[C@@H](O)O[C@H](CO)[C@@H](O)[C@@H]4O)c23)cc1.